The van der Waals surface area contributed by atoms with E-state index in [1.165, 1.54) is 17.7 Å². The summed E-state index contributed by atoms with van der Waals surface area (Å²) in [6, 6.07) is 3.81. The first kappa shape index (κ1) is 37.8. The molecule has 1 amide bonds. The standard InChI is InChI=1S/C24H36O5.C14H9ClF3NO2/c1-5-15(3)24(27)29-21-11-14(2)10-17-7-6-16(4)20(23(17)21)9-8-19-12-18(25)13-22(26)28-19;15-9-3-4-11-10(7-9)13(14(16,17)18,21-12(20)19-11)6-5-8-1-2-8/h6-7,10,14-16,18-21,23,25H,5,8-9,11-13H2,1-4H3;3-4,7-8H,1-2H2,(H,19,20)/t14-,15-,16-,18+,19+,20-,21-,23-;13-/m00/s1. The van der Waals surface area contributed by atoms with Crippen LogP contribution < -0.4 is 5.32 Å². The molecule has 1 aromatic rings. The largest absolute Gasteiger partial charge is 0.462 e. The Morgan fingerprint density at radius 1 is 1.20 bits per heavy atom. The fraction of sp³-hybridized carbons (Fsp3) is 0.605. The Hall–Kier alpha value is -3.49. The van der Waals surface area contributed by atoms with E-state index in [1.54, 1.807) is 0 Å². The molecule has 0 unspecified atom stereocenters. The van der Waals surface area contributed by atoms with E-state index in [0.29, 0.717) is 24.2 Å². The summed E-state index contributed by atoms with van der Waals surface area (Å²) < 4.78 is 56.9. The highest BCUT2D eigenvalue weighted by atomic mass is 35.5. The quantitative estimate of drug-likeness (QED) is 0.173. The second-order valence-corrected chi connectivity index (χ2v) is 14.7. The van der Waals surface area contributed by atoms with E-state index in [9.17, 15) is 32.7 Å². The summed E-state index contributed by atoms with van der Waals surface area (Å²) in [5.41, 5.74) is -2.00. The van der Waals surface area contributed by atoms with Crippen LogP contribution in [0.2, 0.25) is 5.02 Å². The van der Waals surface area contributed by atoms with Crippen molar-refractivity contribution in [3.63, 3.8) is 0 Å². The number of allylic oxidation sites excluding steroid dienone is 3. The summed E-state index contributed by atoms with van der Waals surface area (Å²) in [4.78, 5) is 35.7. The van der Waals surface area contributed by atoms with Gasteiger partial charge in [-0.2, -0.15) is 13.2 Å². The third-order valence-corrected chi connectivity index (χ3v) is 10.4. The van der Waals surface area contributed by atoms with E-state index in [0.717, 1.165) is 44.6 Å². The number of ether oxygens (including phenoxy) is 3. The Balaban J connectivity index is 0.000000204. The van der Waals surface area contributed by atoms with E-state index in [4.69, 9.17) is 21.1 Å². The van der Waals surface area contributed by atoms with Gasteiger partial charge in [-0.25, -0.2) is 4.79 Å². The number of cyclic esters (lactones) is 2. The fourth-order valence-corrected chi connectivity index (χ4v) is 7.29. The van der Waals surface area contributed by atoms with Crippen LogP contribution in [0.15, 0.2) is 42.0 Å². The van der Waals surface area contributed by atoms with Crippen LogP contribution in [0.1, 0.15) is 84.6 Å². The van der Waals surface area contributed by atoms with Crippen LogP contribution in [0, 0.1) is 47.3 Å². The van der Waals surface area contributed by atoms with Crippen molar-refractivity contribution in [2.45, 2.75) is 109 Å². The zero-order valence-corrected chi connectivity index (χ0v) is 29.5. The Kier molecular flexibility index (Phi) is 11.6. The first-order chi connectivity index (χ1) is 23.6. The second kappa shape index (κ2) is 15.4. The number of amides is 1. The van der Waals surface area contributed by atoms with Gasteiger partial charge in [-0.3, -0.25) is 14.9 Å². The van der Waals surface area contributed by atoms with Gasteiger partial charge in [0.25, 0.3) is 5.60 Å². The van der Waals surface area contributed by atoms with E-state index < -0.39 is 24.0 Å². The highest BCUT2D eigenvalue weighted by Gasteiger charge is 2.62. The number of anilines is 1. The van der Waals surface area contributed by atoms with Gasteiger partial charge < -0.3 is 19.3 Å². The van der Waals surface area contributed by atoms with E-state index in [-0.39, 0.29) is 64.6 Å². The van der Waals surface area contributed by atoms with Crippen LogP contribution in [-0.4, -0.2) is 47.6 Å². The molecular formula is C38H45ClF3NO7. The number of carbonyl (C=O) groups is 3. The van der Waals surface area contributed by atoms with Crippen molar-refractivity contribution in [2.75, 3.05) is 5.32 Å². The molecule has 2 aliphatic heterocycles. The highest BCUT2D eigenvalue weighted by Crippen LogP contribution is 2.49. The van der Waals surface area contributed by atoms with Gasteiger partial charge in [0.2, 0.25) is 0 Å². The molecule has 0 aromatic heterocycles. The lowest BCUT2D eigenvalue weighted by Gasteiger charge is -2.43. The predicted octanol–water partition coefficient (Wildman–Crippen LogP) is 8.27. The minimum Gasteiger partial charge on any atom is -0.462 e. The van der Waals surface area contributed by atoms with Gasteiger partial charge in [-0.05, 0) is 86.0 Å². The zero-order valence-electron chi connectivity index (χ0n) is 28.7. The molecule has 2 N–H and O–H groups in total. The predicted molar refractivity (Wildman–Crippen MR) is 181 cm³/mol. The number of alkyl halides is 3. The molecule has 8 nitrogen and oxygen atoms in total. The number of halogens is 4. The zero-order chi connectivity index (χ0) is 36.4. The Labute approximate surface area is 296 Å². The molecular weight excluding hydrogens is 675 g/mol. The van der Waals surface area contributed by atoms with Crippen molar-refractivity contribution in [3.8, 4) is 11.8 Å². The fourth-order valence-electron chi connectivity index (χ4n) is 7.12. The lowest BCUT2D eigenvalue weighted by atomic mass is 9.65. The smallest absolute Gasteiger partial charge is 0.445 e. The third kappa shape index (κ3) is 8.68. The molecule has 12 heteroatoms. The maximum atomic E-state index is 13.6. The summed E-state index contributed by atoms with van der Waals surface area (Å²) in [6.45, 7) is 8.33. The van der Waals surface area contributed by atoms with Gasteiger partial charge in [0, 0.05) is 28.8 Å². The number of aliphatic hydroxyl groups excluding tert-OH is 1. The number of carbonyl (C=O) groups excluding carboxylic acids is 3. The molecule has 5 aliphatic rings. The van der Waals surface area contributed by atoms with Crippen molar-refractivity contribution in [3.05, 3.63) is 52.6 Å². The minimum absolute atomic E-state index is 0.00179. The van der Waals surface area contributed by atoms with Crippen LogP contribution in [0.5, 0.6) is 0 Å². The Bertz CT molecular complexity index is 1580. The highest BCUT2D eigenvalue weighted by molar-refractivity contribution is 6.30. The average Bonchev–Trinajstić information content (AvgIpc) is 3.87. The number of fused-ring (bicyclic) bond motifs is 2. The maximum Gasteiger partial charge on any atom is 0.445 e. The normalized spacial score (nSPS) is 32.2. The maximum absolute atomic E-state index is 13.6. The summed E-state index contributed by atoms with van der Waals surface area (Å²) in [5.74, 6) is 5.36. The number of rotatable bonds is 6. The molecule has 0 radical (unpaired) electrons. The summed E-state index contributed by atoms with van der Waals surface area (Å²) in [7, 11) is 0. The first-order valence-corrected chi connectivity index (χ1v) is 17.8. The third-order valence-electron chi connectivity index (χ3n) is 10.2. The number of hydrogen-bond acceptors (Lipinski definition) is 7. The van der Waals surface area contributed by atoms with Crippen LogP contribution in [-0.2, 0) is 29.4 Å². The van der Waals surface area contributed by atoms with Gasteiger partial charge in [-0.1, -0.05) is 63.4 Å². The van der Waals surface area contributed by atoms with E-state index >= 15 is 0 Å². The molecule has 2 heterocycles. The van der Waals surface area contributed by atoms with Crippen LogP contribution in [0.3, 0.4) is 0 Å². The molecule has 0 spiro atoms. The van der Waals surface area contributed by atoms with E-state index in [1.807, 2.05) is 13.8 Å². The molecule has 1 aromatic carbocycles. The van der Waals surface area contributed by atoms with E-state index in [2.05, 4.69) is 54.0 Å². The van der Waals surface area contributed by atoms with Crippen molar-refractivity contribution in [1.82, 2.24) is 0 Å². The lowest BCUT2D eigenvalue weighted by Crippen LogP contribution is -2.49. The SMILES string of the molecule is CC[C@H](C)C(=O)O[C@H]1C[C@@H](C)C=C2C=C[C@H](C)[C@H](CC[C@@H]3C[C@@H](O)CC(=O)O3)[C@H]21.O=C1Nc2ccc(Cl)cc2[C@@](C#CC2CC2)(C(F)(F)F)O1. The molecule has 0 bridgehead atoms. The van der Waals surface area contributed by atoms with Crippen molar-refractivity contribution < 1.29 is 46.9 Å². The summed E-state index contributed by atoms with van der Waals surface area (Å²) in [5, 5.41) is 12.2. The molecule has 9 atom stereocenters. The monoisotopic (exact) mass is 719 g/mol. The van der Waals surface area contributed by atoms with Gasteiger partial charge in [0.15, 0.2) is 0 Å². The van der Waals surface area contributed by atoms with Gasteiger partial charge in [-0.15, -0.1) is 0 Å². The van der Waals surface area contributed by atoms with Crippen LogP contribution in [0.4, 0.5) is 23.7 Å². The van der Waals surface area contributed by atoms with Crippen LogP contribution >= 0.6 is 11.6 Å². The van der Waals surface area contributed by atoms with Crippen molar-refractivity contribution >= 4 is 35.3 Å². The summed E-state index contributed by atoms with van der Waals surface area (Å²) in [6.07, 6.45) is 5.16. The van der Waals surface area contributed by atoms with Crippen LogP contribution in [0.25, 0.3) is 0 Å². The summed E-state index contributed by atoms with van der Waals surface area (Å²) >= 11 is 5.78. The Morgan fingerprint density at radius 3 is 2.60 bits per heavy atom. The first-order valence-electron chi connectivity index (χ1n) is 17.5. The molecule has 1 saturated carbocycles. The minimum atomic E-state index is -4.87. The van der Waals surface area contributed by atoms with Gasteiger partial charge in [0.05, 0.1) is 24.1 Å². The van der Waals surface area contributed by atoms with Gasteiger partial charge in [0.1, 0.15) is 12.2 Å². The molecule has 272 valence electrons. The number of esters is 2. The lowest BCUT2D eigenvalue weighted by molar-refractivity contribution is -0.239. The second-order valence-electron chi connectivity index (χ2n) is 14.3. The topological polar surface area (TPSA) is 111 Å². The number of hydrogen-bond donors (Lipinski definition) is 2. The van der Waals surface area contributed by atoms with Crippen molar-refractivity contribution in [2.24, 2.45) is 35.5 Å². The number of aliphatic hydroxyl groups is 1. The van der Waals surface area contributed by atoms with Gasteiger partial charge >= 0.3 is 24.2 Å². The molecule has 50 heavy (non-hydrogen) atoms. The molecule has 1 saturated heterocycles. The molecule has 3 aliphatic carbocycles. The number of benzene rings is 1. The van der Waals surface area contributed by atoms with Crippen molar-refractivity contribution in [1.29, 1.82) is 0 Å². The number of nitrogens with one attached hydrogen (secondary N) is 1. The molecule has 2 fully saturated rings. The molecule has 6 rings (SSSR count). The average molecular weight is 720 g/mol. The Morgan fingerprint density at radius 2 is 1.94 bits per heavy atom.